The summed E-state index contributed by atoms with van der Waals surface area (Å²) in [6.07, 6.45) is 4.02. The minimum Gasteiger partial charge on any atom is -0.496 e. The van der Waals surface area contributed by atoms with Crippen LogP contribution < -0.4 is 14.2 Å². The minimum absolute atomic E-state index is 0.0947. The van der Waals surface area contributed by atoms with E-state index in [0.29, 0.717) is 28.5 Å². The zero-order valence-electron chi connectivity index (χ0n) is 17.2. The summed E-state index contributed by atoms with van der Waals surface area (Å²) in [6.45, 7) is -0.301. The van der Waals surface area contributed by atoms with Crippen LogP contribution in [0.25, 0.3) is 11.6 Å². The molecule has 1 atom stereocenters. The van der Waals surface area contributed by atoms with Gasteiger partial charge < -0.3 is 18.6 Å². The molecule has 164 valence electrons. The van der Waals surface area contributed by atoms with Crippen LogP contribution >= 0.6 is 0 Å². The molecule has 0 aliphatic carbocycles. The highest BCUT2D eigenvalue weighted by molar-refractivity contribution is 5.50. The molecule has 9 nitrogen and oxygen atoms in total. The molecule has 0 bridgehead atoms. The highest BCUT2D eigenvalue weighted by Crippen LogP contribution is 2.43. The monoisotopic (exact) mass is 433 g/mol. The molecule has 1 aromatic carbocycles. The summed E-state index contributed by atoms with van der Waals surface area (Å²) >= 11 is 0. The summed E-state index contributed by atoms with van der Waals surface area (Å²) in [4.78, 5) is 9.64. The van der Waals surface area contributed by atoms with Gasteiger partial charge in [-0.25, -0.2) is 13.8 Å². The lowest BCUT2D eigenvalue weighted by atomic mass is 10.1. The lowest BCUT2D eigenvalue weighted by molar-refractivity contribution is 0.0112. The zero-order chi connectivity index (χ0) is 22.0. The third kappa shape index (κ3) is 4.26. The summed E-state index contributed by atoms with van der Waals surface area (Å²) in [5.74, 6) is -1.23. The Morgan fingerprint density at radius 2 is 1.81 bits per heavy atom. The minimum atomic E-state index is -2.91. The van der Waals surface area contributed by atoms with E-state index in [1.807, 2.05) is 0 Å². The van der Waals surface area contributed by atoms with Crippen molar-refractivity contribution in [1.29, 1.82) is 0 Å². The number of hydrogen-bond donors (Lipinski definition) is 0. The summed E-state index contributed by atoms with van der Waals surface area (Å²) in [7, 11) is 4.53. The molecule has 0 amide bonds. The molecule has 3 aromatic rings. The normalized spacial score (nSPS) is 18.2. The van der Waals surface area contributed by atoms with Gasteiger partial charge in [0.15, 0.2) is 11.5 Å². The second-order valence-electron chi connectivity index (χ2n) is 7.04. The van der Waals surface area contributed by atoms with Crippen LogP contribution in [0.5, 0.6) is 17.2 Å². The van der Waals surface area contributed by atoms with E-state index < -0.39 is 24.9 Å². The van der Waals surface area contributed by atoms with Gasteiger partial charge in [-0.3, -0.25) is 9.88 Å². The maximum absolute atomic E-state index is 14.4. The number of benzene rings is 1. The predicted octanol–water partition coefficient (Wildman–Crippen LogP) is 3.13. The number of methoxy groups -OCH3 is 3. The molecule has 1 aliphatic rings. The van der Waals surface area contributed by atoms with Crippen molar-refractivity contribution in [3.63, 3.8) is 0 Å². The Bertz CT molecular complexity index is 1050. The second kappa shape index (κ2) is 8.42. The van der Waals surface area contributed by atoms with Crippen LogP contribution in [0.4, 0.5) is 8.78 Å². The Morgan fingerprint density at radius 3 is 2.48 bits per heavy atom. The first-order chi connectivity index (χ1) is 14.9. The molecular weight excluding hydrogens is 412 g/mol. The zero-order valence-corrected chi connectivity index (χ0v) is 17.2. The van der Waals surface area contributed by atoms with Crippen LogP contribution in [-0.2, 0) is 6.54 Å². The van der Waals surface area contributed by atoms with Crippen molar-refractivity contribution in [3.05, 3.63) is 42.2 Å². The van der Waals surface area contributed by atoms with Gasteiger partial charge in [-0.1, -0.05) is 0 Å². The predicted molar refractivity (Wildman–Crippen MR) is 104 cm³/mol. The molecule has 1 fully saturated rings. The highest BCUT2D eigenvalue weighted by atomic mass is 19.3. The number of rotatable bonds is 7. The van der Waals surface area contributed by atoms with E-state index in [2.05, 4.69) is 20.2 Å². The first kappa shape index (κ1) is 20.9. The number of ether oxygens (including phenoxy) is 3. The summed E-state index contributed by atoms with van der Waals surface area (Å²) in [5.41, 5.74) is 1.04. The quantitative estimate of drug-likeness (QED) is 0.557. The van der Waals surface area contributed by atoms with Gasteiger partial charge >= 0.3 is 0 Å². The van der Waals surface area contributed by atoms with E-state index in [1.165, 1.54) is 39.9 Å². The maximum Gasteiger partial charge on any atom is 0.267 e. The number of alkyl halides is 2. The van der Waals surface area contributed by atoms with Crippen LogP contribution in [0.3, 0.4) is 0 Å². The first-order valence-corrected chi connectivity index (χ1v) is 9.44. The van der Waals surface area contributed by atoms with Crippen LogP contribution in [0.1, 0.15) is 23.9 Å². The van der Waals surface area contributed by atoms with Crippen molar-refractivity contribution in [2.75, 3.05) is 27.9 Å². The first-order valence-electron chi connectivity index (χ1n) is 9.44. The highest BCUT2D eigenvalue weighted by Gasteiger charge is 2.48. The molecule has 4 rings (SSSR count). The molecule has 31 heavy (non-hydrogen) atoms. The smallest absolute Gasteiger partial charge is 0.267 e. The lowest BCUT2D eigenvalue weighted by Gasteiger charge is -2.23. The number of aromatic nitrogens is 4. The van der Waals surface area contributed by atoms with Crippen molar-refractivity contribution in [1.82, 2.24) is 25.1 Å². The van der Waals surface area contributed by atoms with E-state index in [1.54, 1.807) is 17.0 Å². The van der Waals surface area contributed by atoms with E-state index in [0.717, 1.165) is 0 Å². The summed E-state index contributed by atoms with van der Waals surface area (Å²) in [6, 6.07) is 2.60. The van der Waals surface area contributed by atoms with Crippen molar-refractivity contribution in [2.24, 2.45) is 0 Å². The fourth-order valence-corrected chi connectivity index (χ4v) is 3.61. The molecule has 0 saturated carbocycles. The van der Waals surface area contributed by atoms with Crippen molar-refractivity contribution in [3.8, 4) is 28.8 Å². The third-order valence-electron chi connectivity index (χ3n) is 5.04. The number of hydrogen-bond acceptors (Lipinski definition) is 9. The van der Waals surface area contributed by atoms with Gasteiger partial charge in [-0.15, -0.1) is 10.2 Å². The van der Waals surface area contributed by atoms with E-state index in [-0.39, 0.29) is 18.3 Å². The van der Waals surface area contributed by atoms with Crippen LogP contribution in [-0.4, -0.2) is 58.9 Å². The molecule has 1 saturated heterocycles. The molecule has 1 aliphatic heterocycles. The fourth-order valence-electron chi connectivity index (χ4n) is 3.61. The topological polar surface area (TPSA) is 95.6 Å². The van der Waals surface area contributed by atoms with Gasteiger partial charge in [0.1, 0.15) is 11.4 Å². The Labute approximate surface area is 177 Å². The van der Waals surface area contributed by atoms with Crippen molar-refractivity contribution < 1.29 is 27.4 Å². The SMILES string of the molecule is COc1cc(OC)c(OC)cc1CN1CC(F)(F)C[C@H]1c1nnc(-c2cnccn2)o1. The molecule has 0 unspecified atom stereocenters. The molecule has 0 N–H and O–H groups in total. The molecule has 11 heteroatoms. The maximum atomic E-state index is 14.4. The lowest BCUT2D eigenvalue weighted by Crippen LogP contribution is -2.26. The number of likely N-dealkylation sites (tertiary alicyclic amines) is 1. The van der Waals surface area contributed by atoms with E-state index in [4.69, 9.17) is 18.6 Å². The molecule has 3 heterocycles. The second-order valence-corrected chi connectivity index (χ2v) is 7.04. The standard InChI is InChI=1S/C20H21F2N5O4/c1-28-15-7-17(30-3)16(29-2)6-12(15)10-27-11-20(21,22)8-14(27)19-26-25-18(31-19)13-9-23-4-5-24-13/h4-7,9,14H,8,10-11H2,1-3H3/t14-/m0/s1. The average Bonchev–Trinajstić information content (AvgIpc) is 3.38. The fraction of sp³-hybridized carbons (Fsp3) is 0.400. The van der Waals surface area contributed by atoms with Gasteiger partial charge in [0, 0.05) is 37.0 Å². The van der Waals surface area contributed by atoms with Crippen LogP contribution in [0, 0.1) is 0 Å². The molecule has 0 spiro atoms. The Kier molecular flexibility index (Phi) is 5.68. The summed E-state index contributed by atoms with van der Waals surface area (Å²) in [5, 5.41) is 7.95. The van der Waals surface area contributed by atoms with Gasteiger partial charge in [-0.05, 0) is 6.07 Å². The van der Waals surface area contributed by atoms with E-state index >= 15 is 0 Å². The Hall–Kier alpha value is -3.34. The average molecular weight is 433 g/mol. The van der Waals surface area contributed by atoms with Crippen molar-refractivity contribution >= 4 is 0 Å². The van der Waals surface area contributed by atoms with Crippen LogP contribution in [0.15, 0.2) is 35.1 Å². The number of nitrogens with zero attached hydrogens (tertiary/aromatic N) is 5. The Balaban J connectivity index is 1.64. The molecular formula is C20H21F2N5O4. The summed E-state index contributed by atoms with van der Waals surface area (Å²) < 4.78 is 50.5. The largest absolute Gasteiger partial charge is 0.496 e. The van der Waals surface area contributed by atoms with Gasteiger partial charge in [-0.2, -0.15) is 0 Å². The van der Waals surface area contributed by atoms with Gasteiger partial charge in [0.2, 0.25) is 5.89 Å². The molecule has 0 radical (unpaired) electrons. The Morgan fingerprint density at radius 1 is 1.06 bits per heavy atom. The van der Waals surface area contributed by atoms with Gasteiger partial charge in [0.25, 0.3) is 11.8 Å². The van der Waals surface area contributed by atoms with Gasteiger partial charge in [0.05, 0.1) is 40.1 Å². The van der Waals surface area contributed by atoms with Crippen molar-refractivity contribution in [2.45, 2.75) is 24.9 Å². The number of halogens is 2. The third-order valence-corrected chi connectivity index (χ3v) is 5.04. The molecule has 2 aromatic heterocycles. The van der Waals surface area contributed by atoms with Crippen LogP contribution in [0.2, 0.25) is 0 Å². The van der Waals surface area contributed by atoms with E-state index in [9.17, 15) is 8.78 Å².